The van der Waals surface area contributed by atoms with Crippen molar-refractivity contribution in [3.8, 4) is 0 Å². The molecule has 1 atom stereocenters. The second-order valence-corrected chi connectivity index (χ2v) is 5.14. The van der Waals surface area contributed by atoms with Crippen LogP contribution in [0, 0.1) is 12.8 Å². The minimum atomic E-state index is -0.418. The number of fused-ring (bicyclic) bond motifs is 1. The molecule has 1 saturated heterocycles. The van der Waals surface area contributed by atoms with Crippen molar-refractivity contribution in [1.29, 1.82) is 0 Å². The summed E-state index contributed by atoms with van der Waals surface area (Å²) in [5.41, 5.74) is 7.92. The van der Waals surface area contributed by atoms with Crippen LogP contribution in [0.4, 0.5) is 5.69 Å². The fourth-order valence-corrected chi connectivity index (χ4v) is 2.53. The Kier molecular flexibility index (Phi) is 2.89. The third kappa shape index (κ3) is 2.11. The summed E-state index contributed by atoms with van der Waals surface area (Å²) in [7, 11) is 0. The molecule has 1 unspecified atom stereocenters. The van der Waals surface area contributed by atoms with Crippen LogP contribution in [0.2, 0.25) is 0 Å². The molecule has 2 amide bonds. The lowest BCUT2D eigenvalue weighted by molar-refractivity contribution is -0.123. The maximum absolute atomic E-state index is 12.0. The second kappa shape index (κ2) is 4.59. The number of benzene rings is 1. The smallest absolute Gasteiger partial charge is 0.227 e. The van der Waals surface area contributed by atoms with Gasteiger partial charge in [-0.05, 0) is 31.2 Å². The van der Waals surface area contributed by atoms with Gasteiger partial charge in [0.1, 0.15) is 0 Å². The largest absolute Gasteiger partial charge is 0.369 e. The van der Waals surface area contributed by atoms with Crippen LogP contribution in [0.1, 0.15) is 12.1 Å². The summed E-state index contributed by atoms with van der Waals surface area (Å²) < 4.78 is 0. The Labute approximate surface area is 116 Å². The minimum Gasteiger partial charge on any atom is -0.369 e. The van der Waals surface area contributed by atoms with E-state index in [0.29, 0.717) is 6.54 Å². The van der Waals surface area contributed by atoms with Gasteiger partial charge in [-0.25, -0.2) is 0 Å². The number of hydrogen-bond acceptors (Lipinski definition) is 3. The van der Waals surface area contributed by atoms with Gasteiger partial charge in [0.05, 0.1) is 11.4 Å². The topological polar surface area (TPSA) is 76.3 Å². The molecule has 0 radical (unpaired) electrons. The summed E-state index contributed by atoms with van der Waals surface area (Å²) in [4.78, 5) is 29.2. The van der Waals surface area contributed by atoms with Gasteiger partial charge >= 0.3 is 0 Å². The van der Waals surface area contributed by atoms with E-state index in [1.54, 1.807) is 4.90 Å². The number of nitrogens with two attached hydrogens (primary N) is 1. The first-order chi connectivity index (χ1) is 9.54. The highest BCUT2D eigenvalue weighted by atomic mass is 16.2. The van der Waals surface area contributed by atoms with Gasteiger partial charge in [-0.1, -0.05) is 6.07 Å². The van der Waals surface area contributed by atoms with E-state index < -0.39 is 11.8 Å². The van der Waals surface area contributed by atoms with Crippen molar-refractivity contribution in [3.05, 3.63) is 36.0 Å². The molecule has 1 aliphatic heterocycles. The van der Waals surface area contributed by atoms with Crippen molar-refractivity contribution in [2.45, 2.75) is 13.3 Å². The Morgan fingerprint density at radius 3 is 2.85 bits per heavy atom. The van der Waals surface area contributed by atoms with Crippen LogP contribution in [0.25, 0.3) is 10.9 Å². The first-order valence-corrected chi connectivity index (χ1v) is 6.52. The fraction of sp³-hybridized carbons (Fsp3) is 0.267. The highest BCUT2D eigenvalue weighted by molar-refractivity contribution is 6.01. The van der Waals surface area contributed by atoms with Crippen molar-refractivity contribution in [2.75, 3.05) is 11.4 Å². The zero-order valence-electron chi connectivity index (χ0n) is 11.2. The maximum atomic E-state index is 12.0. The van der Waals surface area contributed by atoms with E-state index in [-0.39, 0.29) is 12.3 Å². The van der Waals surface area contributed by atoms with Crippen LogP contribution < -0.4 is 10.6 Å². The minimum absolute atomic E-state index is 0.0618. The van der Waals surface area contributed by atoms with Gasteiger partial charge < -0.3 is 10.6 Å². The number of hydrogen-bond donors (Lipinski definition) is 1. The normalized spacial score (nSPS) is 18.8. The molecule has 2 N–H and O–H groups in total. The Balaban J connectivity index is 1.96. The number of amides is 2. The zero-order chi connectivity index (χ0) is 14.3. The molecule has 0 saturated carbocycles. The lowest BCUT2D eigenvalue weighted by Crippen LogP contribution is -2.28. The number of aryl methyl sites for hydroxylation is 1. The summed E-state index contributed by atoms with van der Waals surface area (Å²) in [6.45, 7) is 2.30. The number of rotatable bonds is 2. The SMILES string of the molecule is Cc1ccc2cc(N3CC(C(N)=O)CC3=O)ccc2n1. The Morgan fingerprint density at radius 2 is 2.15 bits per heavy atom. The summed E-state index contributed by atoms with van der Waals surface area (Å²) in [6.07, 6.45) is 0.194. The van der Waals surface area contributed by atoms with E-state index in [2.05, 4.69) is 4.98 Å². The second-order valence-electron chi connectivity index (χ2n) is 5.14. The predicted molar refractivity (Wildman–Crippen MR) is 76.1 cm³/mol. The van der Waals surface area contributed by atoms with Gasteiger partial charge in [0.15, 0.2) is 0 Å². The number of anilines is 1. The number of aromatic nitrogens is 1. The average molecular weight is 269 g/mol. The highest BCUT2D eigenvalue weighted by Gasteiger charge is 2.33. The van der Waals surface area contributed by atoms with Crippen LogP contribution in [-0.2, 0) is 9.59 Å². The van der Waals surface area contributed by atoms with Crippen molar-refractivity contribution >= 4 is 28.4 Å². The first kappa shape index (κ1) is 12.6. The number of carbonyl (C=O) groups excluding carboxylic acids is 2. The van der Waals surface area contributed by atoms with Gasteiger partial charge in [-0.2, -0.15) is 0 Å². The molecule has 5 heteroatoms. The lowest BCUT2D eigenvalue weighted by atomic mass is 10.1. The molecule has 0 bridgehead atoms. The molecule has 0 spiro atoms. The molecule has 1 aliphatic rings. The fourth-order valence-electron chi connectivity index (χ4n) is 2.53. The van der Waals surface area contributed by atoms with Crippen LogP contribution in [0.3, 0.4) is 0 Å². The van der Waals surface area contributed by atoms with Crippen LogP contribution in [-0.4, -0.2) is 23.3 Å². The van der Waals surface area contributed by atoms with Crippen molar-refractivity contribution in [1.82, 2.24) is 4.98 Å². The third-order valence-corrected chi connectivity index (χ3v) is 3.65. The van der Waals surface area contributed by atoms with E-state index in [1.807, 2.05) is 37.3 Å². The molecular weight excluding hydrogens is 254 g/mol. The quantitative estimate of drug-likeness (QED) is 0.894. The highest BCUT2D eigenvalue weighted by Crippen LogP contribution is 2.27. The molecule has 3 rings (SSSR count). The zero-order valence-corrected chi connectivity index (χ0v) is 11.2. The molecule has 5 nitrogen and oxygen atoms in total. The Bertz CT molecular complexity index is 711. The van der Waals surface area contributed by atoms with E-state index in [4.69, 9.17) is 5.73 Å². The maximum Gasteiger partial charge on any atom is 0.227 e. The number of pyridine rings is 1. The Morgan fingerprint density at radius 1 is 1.35 bits per heavy atom. The molecule has 1 aromatic heterocycles. The van der Waals surface area contributed by atoms with Crippen LogP contribution in [0.15, 0.2) is 30.3 Å². The van der Waals surface area contributed by atoms with Gasteiger partial charge in [0.25, 0.3) is 0 Å². The molecule has 1 fully saturated rings. The summed E-state index contributed by atoms with van der Waals surface area (Å²) in [5.74, 6) is -0.874. The van der Waals surface area contributed by atoms with Gasteiger partial charge in [-0.15, -0.1) is 0 Å². The number of nitrogens with zero attached hydrogens (tertiary/aromatic N) is 2. The standard InChI is InChI=1S/C15H15N3O2/c1-9-2-3-10-6-12(4-5-13(10)17-9)18-8-11(15(16)20)7-14(18)19/h2-6,11H,7-8H2,1H3,(H2,16,20). The Hall–Kier alpha value is -2.43. The van der Waals surface area contributed by atoms with Gasteiger partial charge in [0.2, 0.25) is 11.8 Å². The first-order valence-electron chi connectivity index (χ1n) is 6.52. The van der Waals surface area contributed by atoms with Gasteiger partial charge in [-0.3, -0.25) is 14.6 Å². The van der Waals surface area contributed by atoms with Crippen molar-refractivity contribution < 1.29 is 9.59 Å². The molecule has 0 aliphatic carbocycles. The molecular formula is C15H15N3O2. The third-order valence-electron chi connectivity index (χ3n) is 3.65. The number of primary amides is 1. The van der Waals surface area contributed by atoms with Gasteiger partial charge in [0, 0.05) is 29.7 Å². The molecule has 2 heterocycles. The van der Waals surface area contributed by atoms with E-state index in [1.165, 1.54) is 0 Å². The monoisotopic (exact) mass is 269 g/mol. The van der Waals surface area contributed by atoms with Crippen molar-refractivity contribution in [3.63, 3.8) is 0 Å². The predicted octanol–water partition coefficient (Wildman–Crippen LogP) is 1.38. The molecule has 20 heavy (non-hydrogen) atoms. The van der Waals surface area contributed by atoms with Crippen LogP contribution in [0.5, 0.6) is 0 Å². The van der Waals surface area contributed by atoms with E-state index in [0.717, 1.165) is 22.3 Å². The summed E-state index contributed by atoms with van der Waals surface area (Å²) >= 11 is 0. The van der Waals surface area contributed by atoms with E-state index >= 15 is 0 Å². The van der Waals surface area contributed by atoms with E-state index in [9.17, 15) is 9.59 Å². The average Bonchev–Trinajstić information content (AvgIpc) is 2.80. The molecule has 1 aromatic carbocycles. The van der Waals surface area contributed by atoms with Crippen molar-refractivity contribution in [2.24, 2.45) is 11.7 Å². The number of carbonyl (C=O) groups is 2. The molecule has 2 aromatic rings. The van der Waals surface area contributed by atoms with Crippen LogP contribution >= 0.6 is 0 Å². The molecule has 102 valence electrons. The summed E-state index contributed by atoms with van der Waals surface area (Å²) in [6, 6.07) is 9.58. The lowest BCUT2D eigenvalue weighted by Gasteiger charge is -2.16. The summed E-state index contributed by atoms with van der Waals surface area (Å²) in [5, 5.41) is 0.975.